The molecule has 1 aromatic rings. The Labute approximate surface area is 114 Å². The molecule has 0 bridgehead atoms. The van der Waals surface area contributed by atoms with Gasteiger partial charge < -0.3 is 14.7 Å². The summed E-state index contributed by atoms with van der Waals surface area (Å²) in [6.07, 6.45) is 3.69. The fourth-order valence-corrected chi connectivity index (χ4v) is 2.49. The van der Waals surface area contributed by atoms with Gasteiger partial charge in [-0.15, -0.1) is 0 Å². The van der Waals surface area contributed by atoms with Crippen LogP contribution < -0.4 is 4.74 Å². The van der Waals surface area contributed by atoms with Crippen LogP contribution in [0.3, 0.4) is 0 Å². The van der Waals surface area contributed by atoms with Crippen molar-refractivity contribution in [1.82, 2.24) is 4.90 Å². The molecule has 0 amide bonds. The summed E-state index contributed by atoms with van der Waals surface area (Å²) in [6, 6.07) is 5.46. The second-order valence-electron chi connectivity index (χ2n) is 5.23. The highest BCUT2D eigenvalue weighted by Crippen LogP contribution is 2.21. The SMILES string of the molecule is Cc1cc(C(=O)O)ccc1OCC1CCCCN1C. The molecule has 0 aliphatic carbocycles. The molecular weight excluding hydrogens is 242 g/mol. The van der Waals surface area contributed by atoms with Crippen molar-refractivity contribution >= 4 is 5.97 Å². The average Bonchev–Trinajstić information content (AvgIpc) is 2.39. The number of hydrogen-bond donors (Lipinski definition) is 1. The lowest BCUT2D eigenvalue weighted by atomic mass is 10.0. The van der Waals surface area contributed by atoms with Crippen LogP contribution in [0.1, 0.15) is 35.2 Å². The van der Waals surface area contributed by atoms with Crippen molar-refractivity contribution in [2.45, 2.75) is 32.2 Å². The fourth-order valence-electron chi connectivity index (χ4n) is 2.49. The highest BCUT2D eigenvalue weighted by Gasteiger charge is 2.19. The number of benzene rings is 1. The van der Waals surface area contributed by atoms with Crippen LogP contribution in [0, 0.1) is 6.92 Å². The Hall–Kier alpha value is -1.55. The van der Waals surface area contributed by atoms with Crippen LogP contribution in [0.25, 0.3) is 0 Å². The highest BCUT2D eigenvalue weighted by atomic mass is 16.5. The predicted molar refractivity (Wildman–Crippen MR) is 73.9 cm³/mol. The summed E-state index contributed by atoms with van der Waals surface area (Å²) < 4.78 is 5.85. The molecule has 1 aromatic carbocycles. The Morgan fingerprint density at radius 2 is 2.26 bits per heavy atom. The maximum absolute atomic E-state index is 10.9. The zero-order valence-corrected chi connectivity index (χ0v) is 11.6. The van der Waals surface area contributed by atoms with Crippen molar-refractivity contribution in [3.63, 3.8) is 0 Å². The third-order valence-electron chi connectivity index (χ3n) is 3.77. The second-order valence-corrected chi connectivity index (χ2v) is 5.23. The van der Waals surface area contributed by atoms with Crippen molar-refractivity contribution in [3.05, 3.63) is 29.3 Å². The van der Waals surface area contributed by atoms with Crippen LogP contribution >= 0.6 is 0 Å². The van der Waals surface area contributed by atoms with Crippen LogP contribution in [0.4, 0.5) is 0 Å². The number of rotatable bonds is 4. The summed E-state index contributed by atoms with van der Waals surface area (Å²) in [5, 5.41) is 8.92. The largest absolute Gasteiger partial charge is 0.492 e. The minimum absolute atomic E-state index is 0.305. The van der Waals surface area contributed by atoms with E-state index in [1.165, 1.54) is 19.3 Å². The molecule has 0 spiro atoms. The number of nitrogens with zero attached hydrogens (tertiary/aromatic N) is 1. The van der Waals surface area contributed by atoms with Gasteiger partial charge in [-0.2, -0.15) is 0 Å². The van der Waals surface area contributed by atoms with Gasteiger partial charge in [0.05, 0.1) is 5.56 Å². The summed E-state index contributed by atoms with van der Waals surface area (Å²) in [5.41, 5.74) is 1.18. The van der Waals surface area contributed by atoms with E-state index in [4.69, 9.17) is 9.84 Å². The number of aryl methyl sites for hydroxylation is 1. The zero-order chi connectivity index (χ0) is 13.8. The number of aromatic carboxylic acids is 1. The molecule has 1 heterocycles. The molecule has 4 nitrogen and oxygen atoms in total. The van der Waals surface area contributed by atoms with Crippen molar-refractivity contribution in [3.8, 4) is 5.75 Å². The Bertz CT molecular complexity index is 459. The molecule has 1 aliphatic rings. The third kappa shape index (κ3) is 3.47. The first-order valence-electron chi connectivity index (χ1n) is 6.75. The number of hydrogen-bond acceptors (Lipinski definition) is 3. The normalized spacial score (nSPS) is 20.2. The molecule has 19 heavy (non-hydrogen) atoms. The van der Waals surface area contributed by atoms with Gasteiger partial charge in [0.2, 0.25) is 0 Å². The first kappa shape index (κ1) is 13.9. The van der Waals surface area contributed by atoms with E-state index in [0.29, 0.717) is 18.2 Å². The lowest BCUT2D eigenvalue weighted by Crippen LogP contribution is -2.40. The predicted octanol–water partition coefficient (Wildman–Crippen LogP) is 2.56. The van der Waals surface area contributed by atoms with E-state index in [1.54, 1.807) is 18.2 Å². The average molecular weight is 263 g/mol. The number of likely N-dealkylation sites (N-methyl/N-ethyl adjacent to an activating group) is 1. The number of carboxylic acid groups (broad SMARTS) is 1. The molecule has 4 heteroatoms. The van der Waals surface area contributed by atoms with E-state index in [0.717, 1.165) is 17.9 Å². The van der Waals surface area contributed by atoms with Crippen LogP contribution in [-0.4, -0.2) is 42.2 Å². The Morgan fingerprint density at radius 3 is 2.89 bits per heavy atom. The zero-order valence-electron chi connectivity index (χ0n) is 11.6. The van der Waals surface area contributed by atoms with Gasteiger partial charge in [0.25, 0.3) is 0 Å². The third-order valence-corrected chi connectivity index (χ3v) is 3.77. The van der Waals surface area contributed by atoms with E-state index in [1.807, 2.05) is 6.92 Å². The van der Waals surface area contributed by atoms with E-state index >= 15 is 0 Å². The quantitative estimate of drug-likeness (QED) is 0.907. The number of carboxylic acids is 1. The molecule has 1 aliphatic heterocycles. The van der Waals surface area contributed by atoms with Crippen LogP contribution in [-0.2, 0) is 0 Å². The lowest BCUT2D eigenvalue weighted by Gasteiger charge is -2.32. The van der Waals surface area contributed by atoms with Gasteiger partial charge in [0, 0.05) is 6.04 Å². The molecule has 104 valence electrons. The summed E-state index contributed by atoms with van der Waals surface area (Å²) in [5.74, 6) is -0.120. The van der Waals surface area contributed by atoms with Gasteiger partial charge in [-0.05, 0) is 57.1 Å². The van der Waals surface area contributed by atoms with Gasteiger partial charge in [-0.25, -0.2) is 4.79 Å². The van der Waals surface area contributed by atoms with Gasteiger partial charge in [0.15, 0.2) is 0 Å². The molecule has 1 unspecified atom stereocenters. The van der Waals surface area contributed by atoms with Crippen molar-refractivity contribution < 1.29 is 14.6 Å². The van der Waals surface area contributed by atoms with E-state index < -0.39 is 5.97 Å². The Kier molecular flexibility index (Phi) is 4.43. The van der Waals surface area contributed by atoms with Crippen LogP contribution in [0.15, 0.2) is 18.2 Å². The van der Waals surface area contributed by atoms with Gasteiger partial charge in [-0.1, -0.05) is 6.42 Å². The van der Waals surface area contributed by atoms with E-state index in [-0.39, 0.29) is 0 Å². The lowest BCUT2D eigenvalue weighted by molar-refractivity contribution is 0.0696. The maximum atomic E-state index is 10.9. The first-order chi connectivity index (χ1) is 9.08. The van der Waals surface area contributed by atoms with Crippen molar-refractivity contribution in [1.29, 1.82) is 0 Å². The van der Waals surface area contributed by atoms with Crippen LogP contribution in [0.2, 0.25) is 0 Å². The number of piperidine rings is 1. The smallest absolute Gasteiger partial charge is 0.335 e. The standard InChI is InChI=1S/C15H21NO3/c1-11-9-12(15(17)18)6-7-14(11)19-10-13-5-3-4-8-16(13)2/h6-7,9,13H,3-5,8,10H2,1-2H3,(H,17,18). The fraction of sp³-hybridized carbons (Fsp3) is 0.533. The molecular formula is C15H21NO3. The topological polar surface area (TPSA) is 49.8 Å². The van der Waals surface area contributed by atoms with Crippen molar-refractivity contribution in [2.75, 3.05) is 20.2 Å². The monoisotopic (exact) mass is 263 g/mol. The molecule has 0 saturated carbocycles. The Balaban J connectivity index is 1.97. The molecule has 1 saturated heterocycles. The number of ether oxygens (including phenoxy) is 1. The molecule has 1 atom stereocenters. The van der Waals surface area contributed by atoms with Crippen LogP contribution in [0.5, 0.6) is 5.75 Å². The molecule has 0 aromatic heterocycles. The van der Waals surface area contributed by atoms with Gasteiger partial charge >= 0.3 is 5.97 Å². The maximum Gasteiger partial charge on any atom is 0.335 e. The summed E-state index contributed by atoms with van der Waals surface area (Å²) >= 11 is 0. The minimum Gasteiger partial charge on any atom is -0.492 e. The number of carbonyl (C=O) groups is 1. The van der Waals surface area contributed by atoms with E-state index in [9.17, 15) is 4.79 Å². The van der Waals surface area contributed by atoms with Gasteiger partial charge in [0.1, 0.15) is 12.4 Å². The molecule has 2 rings (SSSR count). The van der Waals surface area contributed by atoms with E-state index in [2.05, 4.69) is 11.9 Å². The number of likely N-dealkylation sites (tertiary alicyclic amines) is 1. The second kappa shape index (κ2) is 6.06. The van der Waals surface area contributed by atoms with Crippen molar-refractivity contribution in [2.24, 2.45) is 0 Å². The highest BCUT2D eigenvalue weighted by molar-refractivity contribution is 5.88. The molecule has 1 fully saturated rings. The summed E-state index contributed by atoms with van der Waals surface area (Å²) in [7, 11) is 2.13. The summed E-state index contributed by atoms with van der Waals surface area (Å²) in [4.78, 5) is 13.2. The molecule has 1 N–H and O–H groups in total. The molecule has 0 radical (unpaired) electrons. The summed E-state index contributed by atoms with van der Waals surface area (Å²) in [6.45, 7) is 3.68. The van der Waals surface area contributed by atoms with Gasteiger partial charge in [-0.3, -0.25) is 0 Å². The first-order valence-corrected chi connectivity index (χ1v) is 6.75. The minimum atomic E-state index is -0.901. The Morgan fingerprint density at radius 1 is 1.47 bits per heavy atom.